The van der Waals surface area contributed by atoms with E-state index >= 15 is 0 Å². The van der Waals surface area contributed by atoms with Gasteiger partial charge in [-0.3, -0.25) is 14.9 Å². The monoisotopic (exact) mass is 368 g/mol. The third kappa shape index (κ3) is 3.43. The van der Waals surface area contributed by atoms with Crippen LogP contribution in [0.1, 0.15) is 35.0 Å². The molecule has 4 rings (SSSR count). The molecule has 138 valence electrons. The minimum absolute atomic E-state index is 0.0762. The second-order valence-corrected chi connectivity index (χ2v) is 6.33. The molecule has 1 aliphatic heterocycles. The molecule has 1 fully saturated rings. The Morgan fingerprint density at radius 3 is 2.74 bits per heavy atom. The Labute approximate surface area is 153 Å². The van der Waals surface area contributed by atoms with Crippen LogP contribution >= 0.6 is 0 Å². The highest BCUT2D eigenvalue weighted by Gasteiger charge is 2.28. The van der Waals surface area contributed by atoms with Crippen molar-refractivity contribution in [2.45, 2.75) is 18.8 Å². The summed E-state index contributed by atoms with van der Waals surface area (Å²) in [7, 11) is 0. The van der Waals surface area contributed by atoms with E-state index in [0.29, 0.717) is 43.3 Å². The molecule has 0 radical (unpaired) electrons. The number of amides is 1. The molecule has 0 atom stereocenters. The number of nitrogens with zero attached hydrogens (tertiary/aromatic N) is 4. The van der Waals surface area contributed by atoms with Gasteiger partial charge in [0.2, 0.25) is 5.89 Å². The number of aromatic nitrogens is 2. The molecule has 1 aliphatic rings. The van der Waals surface area contributed by atoms with Crippen molar-refractivity contribution in [1.29, 1.82) is 0 Å². The van der Waals surface area contributed by atoms with Crippen LogP contribution in [0.4, 0.5) is 5.69 Å². The van der Waals surface area contributed by atoms with E-state index in [1.807, 2.05) is 0 Å². The molecule has 27 heavy (non-hydrogen) atoms. The van der Waals surface area contributed by atoms with E-state index in [1.165, 1.54) is 30.7 Å². The smallest absolute Gasteiger partial charge is 0.270 e. The molecule has 0 unspecified atom stereocenters. The van der Waals surface area contributed by atoms with Gasteiger partial charge in [-0.2, -0.15) is 0 Å². The van der Waals surface area contributed by atoms with Crippen LogP contribution in [0.3, 0.4) is 0 Å². The first kappa shape index (κ1) is 17.0. The average molecular weight is 368 g/mol. The fraction of sp³-hybridized carbons (Fsp3) is 0.278. The third-order valence-corrected chi connectivity index (χ3v) is 4.64. The molecular formula is C18H16N4O5. The predicted octanol–water partition coefficient (Wildman–Crippen LogP) is 3.26. The molecule has 3 aromatic rings. The number of likely N-dealkylation sites (tertiary alicyclic amines) is 1. The minimum atomic E-state index is -0.504. The number of furan rings is 1. The van der Waals surface area contributed by atoms with Crippen LogP contribution < -0.4 is 0 Å². The zero-order valence-electron chi connectivity index (χ0n) is 14.3. The number of carbonyl (C=O) groups excluding carboxylic acids is 1. The topological polar surface area (TPSA) is 116 Å². The average Bonchev–Trinajstić information content (AvgIpc) is 3.39. The van der Waals surface area contributed by atoms with E-state index < -0.39 is 4.92 Å². The van der Waals surface area contributed by atoms with Crippen LogP contribution in [-0.2, 0) is 0 Å². The predicted molar refractivity (Wildman–Crippen MR) is 93.0 cm³/mol. The lowest BCUT2D eigenvalue weighted by molar-refractivity contribution is -0.384. The van der Waals surface area contributed by atoms with Crippen LogP contribution in [0.2, 0.25) is 0 Å². The molecule has 1 saturated heterocycles. The van der Waals surface area contributed by atoms with Gasteiger partial charge < -0.3 is 13.7 Å². The molecule has 0 aliphatic carbocycles. The van der Waals surface area contributed by atoms with Crippen molar-refractivity contribution in [2.24, 2.45) is 0 Å². The molecule has 2 aromatic heterocycles. The molecular weight excluding hydrogens is 352 g/mol. The summed E-state index contributed by atoms with van der Waals surface area (Å²) in [4.78, 5) is 24.7. The zero-order valence-corrected chi connectivity index (χ0v) is 14.3. The van der Waals surface area contributed by atoms with Crippen LogP contribution in [0.5, 0.6) is 0 Å². The van der Waals surface area contributed by atoms with Crippen LogP contribution in [-0.4, -0.2) is 39.0 Å². The van der Waals surface area contributed by atoms with Gasteiger partial charge in [0.25, 0.3) is 17.5 Å². The summed E-state index contributed by atoms with van der Waals surface area (Å²) >= 11 is 0. The number of nitro benzene ring substituents is 1. The summed E-state index contributed by atoms with van der Waals surface area (Å²) in [5, 5.41) is 19.0. The van der Waals surface area contributed by atoms with Gasteiger partial charge >= 0.3 is 0 Å². The van der Waals surface area contributed by atoms with Gasteiger partial charge in [0.05, 0.1) is 16.7 Å². The van der Waals surface area contributed by atoms with Crippen LogP contribution in [0.25, 0.3) is 11.5 Å². The first-order valence-corrected chi connectivity index (χ1v) is 8.51. The lowest BCUT2D eigenvalue weighted by Crippen LogP contribution is -2.38. The summed E-state index contributed by atoms with van der Waals surface area (Å²) < 4.78 is 10.7. The second kappa shape index (κ2) is 7.02. The lowest BCUT2D eigenvalue weighted by Gasteiger charge is -2.30. The number of carbonyl (C=O) groups is 1. The summed E-state index contributed by atoms with van der Waals surface area (Å²) in [6, 6.07) is 7.54. The highest BCUT2D eigenvalue weighted by Crippen LogP contribution is 2.30. The van der Waals surface area contributed by atoms with E-state index in [9.17, 15) is 14.9 Å². The maximum Gasteiger partial charge on any atom is 0.270 e. The number of rotatable bonds is 4. The molecule has 0 N–H and O–H groups in total. The summed E-state index contributed by atoms with van der Waals surface area (Å²) in [5.74, 6) is 0.830. The van der Waals surface area contributed by atoms with Gasteiger partial charge in [0.15, 0.2) is 0 Å². The van der Waals surface area contributed by atoms with Gasteiger partial charge in [-0.15, -0.1) is 10.2 Å². The Hall–Kier alpha value is -3.49. The highest BCUT2D eigenvalue weighted by atomic mass is 16.6. The number of nitro groups is 1. The normalized spacial score (nSPS) is 15.0. The molecule has 1 amide bonds. The third-order valence-electron chi connectivity index (χ3n) is 4.64. The Balaban J connectivity index is 1.41. The SMILES string of the molecule is O=C(c1cccc([N+](=O)[O-])c1)N1CCC(c2nnc(-c3ccoc3)o2)CC1. The standard InChI is InChI=1S/C18H16N4O5/c23-18(13-2-1-3-15(10-13)22(24)25)21-7-4-12(5-8-21)16-19-20-17(27-16)14-6-9-26-11-14/h1-3,6,9-12H,4-5,7-8H2. The maximum absolute atomic E-state index is 12.6. The lowest BCUT2D eigenvalue weighted by atomic mass is 9.96. The number of hydrogen-bond acceptors (Lipinski definition) is 7. The van der Waals surface area contributed by atoms with Gasteiger partial charge in [-0.25, -0.2) is 0 Å². The fourth-order valence-electron chi connectivity index (χ4n) is 3.17. The van der Waals surface area contributed by atoms with Crippen molar-refractivity contribution in [3.8, 4) is 11.5 Å². The number of hydrogen-bond donors (Lipinski definition) is 0. The summed E-state index contributed by atoms with van der Waals surface area (Å²) in [6.45, 7) is 1.05. The first-order chi connectivity index (χ1) is 13.1. The van der Waals surface area contributed by atoms with Crippen molar-refractivity contribution in [1.82, 2.24) is 15.1 Å². The maximum atomic E-state index is 12.6. The Morgan fingerprint density at radius 1 is 1.22 bits per heavy atom. The molecule has 3 heterocycles. The van der Waals surface area contributed by atoms with Gasteiger partial charge in [-0.05, 0) is 25.0 Å². The van der Waals surface area contributed by atoms with Crippen molar-refractivity contribution in [2.75, 3.05) is 13.1 Å². The fourth-order valence-corrected chi connectivity index (χ4v) is 3.17. The van der Waals surface area contributed by atoms with Crippen molar-refractivity contribution < 1.29 is 18.6 Å². The largest absolute Gasteiger partial charge is 0.472 e. The number of benzene rings is 1. The van der Waals surface area contributed by atoms with E-state index in [2.05, 4.69) is 10.2 Å². The van der Waals surface area contributed by atoms with Gasteiger partial charge in [0.1, 0.15) is 6.26 Å². The minimum Gasteiger partial charge on any atom is -0.472 e. The Kier molecular flexibility index (Phi) is 4.41. The van der Waals surface area contributed by atoms with Gasteiger partial charge in [-0.1, -0.05) is 6.07 Å². The van der Waals surface area contributed by atoms with Crippen molar-refractivity contribution in [3.05, 3.63) is 64.4 Å². The Bertz CT molecular complexity index is 958. The van der Waals surface area contributed by atoms with Crippen LogP contribution in [0.15, 0.2) is 51.7 Å². The van der Waals surface area contributed by atoms with Gasteiger partial charge in [0, 0.05) is 36.7 Å². The summed E-state index contributed by atoms with van der Waals surface area (Å²) in [6.07, 6.45) is 4.45. The number of non-ortho nitro benzene ring substituents is 1. The molecule has 9 heteroatoms. The molecule has 0 saturated carbocycles. The first-order valence-electron chi connectivity index (χ1n) is 8.51. The molecule has 9 nitrogen and oxygen atoms in total. The number of piperidine rings is 1. The summed E-state index contributed by atoms with van der Waals surface area (Å²) in [5.41, 5.74) is 0.961. The second-order valence-electron chi connectivity index (χ2n) is 6.33. The van der Waals surface area contributed by atoms with E-state index in [4.69, 9.17) is 8.83 Å². The highest BCUT2D eigenvalue weighted by molar-refractivity contribution is 5.94. The molecule has 1 aromatic carbocycles. The zero-order chi connectivity index (χ0) is 18.8. The van der Waals surface area contributed by atoms with E-state index in [-0.39, 0.29) is 17.5 Å². The van der Waals surface area contributed by atoms with Crippen molar-refractivity contribution in [3.63, 3.8) is 0 Å². The molecule has 0 bridgehead atoms. The van der Waals surface area contributed by atoms with E-state index in [1.54, 1.807) is 17.0 Å². The Morgan fingerprint density at radius 2 is 2.04 bits per heavy atom. The molecule has 0 spiro atoms. The van der Waals surface area contributed by atoms with Crippen molar-refractivity contribution >= 4 is 11.6 Å². The quantitative estimate of drug-likeness (QED) is 0.512. The van der Waals surface area contributed by atoms with E-state index in [0.717, 1.165) is 5.56 Å². The van der Waals surface area contributed by atoms with Crippen LogP contribution in [0, 0.1) is 10.1 Å².